The van der Waals surface area contributed by atoms with E-state index in [0.717, 1.165) is 133 Å². The van der Waals surface area contributed by atoms with E-state index in [-0.39, 0.29) is 92.9 Å². The zero-order valence-electron chi connectivity index (χ0n) is 66.3. The predicted molar refractivity (Wildman–Crippen MR) is 429 cm³/mol. The third-order valence-electron chi connectivity index (χ3n) is 25.8. The number of anilines is 2. The van der Waals surface area contributed by atoms with Crippen molar-refractivity contribution in [3.8, 4) is 23.3 Å². The Balaban J connectivity index is 0.000000179. The van der Waals surface area contributed by atoms with E-state index in [1.54, 1.807) is 44.4 Å². The summed E-state index contributed by atoms with van der Waals surface area (Å²) in [4.78, 5) is 78.4. The first-order valence-electron chi connectivity index (χ1n) is 40.3. The molecule has 3 N–H and O–H groups in total. The molecule has 112 heavy (non-hydrogen) atoms. The molecule has 2 saturated heterocycles. The van der Waals surface area contributed by atoms with Crippen LogP contribution in [0.25, 0.3) is 0 Å². The Kier molecular flexibility index (Phi) is 22.5. The van der Waals surface area contributed by atoms with Gasteiger partial charge in [0.15, 0.2) is 0 Å². The van der Waals surface area contributed by atoms with Gasteiger partial charge in [-0.05, 0) is 211 Å². The van der Waals surface area contributed by atoms with Gasteiger partial charge in [0.2, 0.25) is 17.7 Å². The molecule has 3 unspecified atom stereocenters. The fourth-order valence-corrected chi connectivity index (χ4v) is 23.5. The van der Waals surface area contributed by atoms with Crippen LogP contribution in [0.4, 0.5) is 11.4 Å². The van der Waals surface area contributed by atoms with Crippen molar-refractivity contribution in [2.75, 3.05) is 115 Å². The molecule has 25 nitrogen and oxygen atoms in total. The number of fused-ring (bicyclic) bond motifs is 10. The number of likely N-dealkylation sites (N-methyl/N-ethyl adjacent to an activating group) is 1. The lowest BCUT2D eigenvalue weighted by molar-refractivity contribution is -0.141. The molecule has 600 valence electrons. The van der Waals surface area contributed by atoms with Crippen molar-refractivity contribution in [2.24, 2.45) is 64.2 Å². The maximum atomic E-state index is 14.8. The molecule has 2 aromatic heterocycles. The summed E-state index contributed by atoms with van der Waals surface area (Å²) in [6.45, 7) is 15.6. The fourth-order valence-electron chi connectivity index (χ4n) is 19.7. The second-order valence-electron chi connectivity index (χ2n) is 34.1. The van der Waals surface area contributed by atoms with Gasteiger partial charge in [0.05, 0.1) is 68.4 Å². The summed E-state index contributed by atoms with van der Waals surface area (Å²) in [5.74, 6) is -0.580. The van der Waals surface area contributed by atoms with Gasteiger partial charge in [-0.25, -0.2) is 8.42 Å². The van der Waals surface area contributed by atoms with Gasteiger partial charge in [0.1, 0.15) is 42.5 Å². The summed E-state index contributed by atoms with van der Waals surface area (Å²) in [6.07, 6.45) is 20.0. The van der Waals surface area contributed by atoms with Gasteiger partial charge in [-0.15, -0.1) is 18.9 Å². The van der Waals surface area contributed by atoms with E-state index in [1.807, 2.05) is 37.0 Å². The summed E-state index contributed by atoms with van der Waals surface area (Å²) in [5, 5.41) is 21.1. The van der Waals surface area contributed by atoms with Gasteiger partial charge in [0.25, 0.3) is 23.6 Å². The molecular weight excluding hydrogens is 1460 g/mol. The summed E-state index contributed by atoms with van der Waals surface area (Å²) in [6, 6.07) is 24.2. The van der Waals surface area contributed by atoms with Crippen molar-refractivity contribution in [1.82, 2.24) is 38.8 Å². The molecule has 2 saturated carbocycles. The topological polar surface area (TPSA) is 283 Å². The lowest BCUT2D eigenvalue weighted by atomic mass is 9.63. The molecule has 4 fully saturated rings. The third-order valence-corrected chi connectivity index (χ3v) is 29.8. The average Bonchev–Trinajstić information content (AvgIpc) is 1.24. The largest absolute Gasteiger partial charge is 0.490 e. The highest BCUT2D eigenvalue weighted by Gasteiger charge is 2.51. The summed E-state index contributed by atoms with van der Waals surface area (Å²) >= 11 is 0. The molecule has 27 heteroatoms. The maximum Gasteiger partial charge on any atom is 0.286 e. The number of rotatable bonds is 8. The number of hydrogen-bond acceptors (Lipinski definition) is 18. The second-order valence-corrected chi connectivity index (χ2v) is 38.1. The minimum Gasteiger partial charge on any atom is -0.490 e. The van der Waals surface area contributed by atoms with Crippen molar-refractivity contribution in [1.29, 1.82) is 0 Å². The Labute approximate surface area is 658 Å². The van der Waals surface area contributed by atoms with E-state index in [1.165, 1.54) is 69.4 Å². The number of piperazine rings is 1. The highest BCUT2D eigenvalue weighted by molar-refractivity contribution is 7.92. The van der Waals surface area contributed by atoms with Crippen LogP contribution >= 0.6 is 0 Å². The molecule has 6 aromatic rings. The van der Waals surface area contributed by atoms with Gasteiger partial charge in [-0.3, -0.25) is 42.8 Å². The second kappa shape index (κ2) is 32.0. The van der Waals surface area contributed by atoms with E-state index >= 15 is 0 Å². The number of methoxy groups -OCH3 is 2. The van der Waals surface area contributed by atoms with Crippen molar-refractivity contribution >= 4 is 60.7 Å². The van der Waals surface area contributed by atoms with Gasteiger partial charge in [-0.2, -0.15) is 0 Å². The first-order chi connectivity index (χ1) is 53.7. The van der Waals surface area contributed by atoms with Gasteiger partial charge in [-0.1, -0.05) is 73.5 Å². The monoisotopic (exact) mass is 1570 g/mol. The number of ether oxygens (including phenoxy) is 5. The smallest absolute Gasteiger partial charge is 0.286 e. The normalized spacial score (nSPS) is 30.8. The zero-order chi connectivity index (χ0) is 78.6. The number of benzene rings is 4. The lowest BCUT2D eigenvalue weighted by Gasteiger charge is -2.49. The van der Waals surface area contributed by atoms with Crippen LogP contribution in [0.2, 0.25) is 0 Å². The maximum absolute atomic E-state index is 14.8. The van der Waals surface area contributed by atoms with Crippen molar-refractivity contribution in [3.63, 3.8) is 0 Å². The number of carbonyl (C=O) groups excluding carboxylic acids is 5. The standard InChI is InChI=1S/C45H59N7O7S.C40H51N5O6S/c1-30-10-13-36-32(22-30)9-7-16-44(36)28-52-25-34-11-14-37(34)45(56,24-40(53)51-20-18-49(3)19-21-51)17-6-8-31(2)27-60(57,48-42(55)35-26-50(4)46-43(35)58-5)47-41(54)33-12-15-39(59-29-44)38(52)23-33;1-25-8-13-33-28(18-25)6-5-16-40(33)23-45-20-30-10-12-31(30)36-27(15-17-50-36)9-7-26(2)22-52(48,43-38(47)32-21-44(3)41-39(32)49-4)42-37(46)29-11-14-35(51-24-40)34(45)19-29/h6,10,12-13,15,17,22-23,26,31,34,37,56H,7-9,11,14,16,18-21,24-25,27-29H2,1-5H3,(H,47,48,54,55,57);8,11,13-14,18-19,21,26-27,30-31,36H,5-7,9-10,12,15-17,20,22-24H2,1-4H3,(H,42,43,46,47,48)/b17-6+;/t31-,34-,37+,44-,45?,60?;26-,27-,30-,31+,36-,40-,52?/m00/s1. The molecule has 6 aliphatic heterocycles. The van der Waals surface area contributed by atoms with Crippen LogP contribution in [-0.4, -0.2) is 189 Å². The third kappa shape index (κ3) is 16.3. The minimum atomic E-state index is -3.73. The molecule has 0 radical (unpaired) electrons. The molecule has 4 bridgehead atoms. The molecule has 8 heterocycles. The predicted octanol–water partition coefficient (Wildman–Crippen LogP) is 10.7. The highest BCUT2D eigenvalue weighted by atomic mass is 32.2. The van der Waals surface area contributed by atoms with Crippen LogP contribution in [0.5, 0.6) is 23.3 Å². The summed E-state index contributed by atoms with van der Waals surface area (Å²) < 4.78 is 76.9. The first-order valence-corrected chi connectivity index (χ1v) is 43.7. The number of nitrogens with one attached hydrogen (secondary N) is 2. The first kappa shape index (κ1) is 78.6. The number of carbonyl (C=O) groups is 5. The Morgan fingerprint density at radius 3 is 1.65 bits per heavy atom. The van der Waals surface area contributed by atoms with Crippen LogP contribution in [0.15, 0.2) is 106 Å². The number of amides is 5. The molecular formula is C85H110N12O13S2. The lowest BCUT2D eigenvalue weighted by Crippen LogP contribution is -2.55. The van der Waals surface area contributed by atoms with Gasteiger partial charge in [0, 0.05) is 107 Å². The minimum absolute atomic E-state index is 0.0349. The van der Waals surface area contributed by atoms with E-state index in [2.05, 4.69) is 100 Å². The SMILES string of the molecule is COc1nn(C)cc1C(=O)NS1(=O)=NC(=O)c2ccc3c(c2)N(C[C@@H]2CC[C@H]2C(O)(CC(=O)N2CCN(C)CC2)/C=C/C[C@H](C)C1)C[C@@]1(CCCc2cc(C)ccc21)CO3.COc1nn(C)cc1C(=O)NS1(=O)=NC(=O)c2ccc3c(c2)N(C[C@@H]2CC[C@H]2[C@H]2OCC[C@@H]2CC[C@H](C)C1)C[C@@]1(CCCc2cc(C)ccc21)CO3. The van der Waals surface area contributed by atoms with E-state index in [0.29, 0.717) is 74.9 Å². The fraction of sp³-hybridized carbons (Fsp3) is 0.565. The Bertz CT molecular complexity index is 4910. The number of allylic oxidation sites excluding steroid dienone is 1. The summed E-state index contributed by atoms with van der Waals surface area (Å²) in [7, 11) is 0.900. The zero-order valence-corrected chi connectivity index (χ0v) is 67.9. The van der Waals surface area contributed by atoms with Crippen LogP contribution in [0.3, 0.4) is 0 Å². The van der Waals surface area contributed by atoms with E-state index in [4.69, 9.17) is 23.7 Å². The van der Waals surface area contributed by atoms with Gasteiger partial charge < -0.3 is 48.4 Å². The number of aryl methyl sites for hydroxylation is 6. The van der Waals surface area contributed by atoms with Gasteiger partial charge >= 0.3 is 0 Å². The molecule has 2 spiro atoms. The number of hydrogen-bond donors (Lipinski definition) is 3. The summed E-state index contributed by atoms with van der Waals surface area (Å²) in [5.41, 5.74) is 8.24. The Morgan fingerprint density at radius 1 is 0.625 bits per heavy atom. The van der Waals surface area contributed by atoms with Crippen LogP contribution < -0.4 is 38.2 Å². The molecule has 4 aliphatic carbocycles. The molecule has 16 rings (SSSR count). The molecule has 4 aromatic carbocycles. The van der Waals surface area contributed by atoms with Crippen molar-refractivity contribution in [3.05, 3.63) is 153 Å². The Morgan fingerprint density at radius 2 is 1.14 bits per heavy atom. The van der Waals surface area contributed by atoms with Crippen LogP contribution in [0, 0.1) is 55.3 Å². The van der Waals surface area contributed by atoms with Crippen LogP contribution in [-0.2, 0) is 67.1 Å². The van der Waals surface area contributed by atoms with Crippen molar-refractivity contribution < 1.29 is 61.2 Å². The van der Waals surface area contributed by atoms with Crippen LogP contribution in [0.1, 0.15) is 172 Å². The van der Waals surface area contributed by atoms with Crippen molar-refractivity contribution in [2.45, 2.75) is 147 Å². The molecule has 5 amide bonds. The number of nitrogens with zero attached hydrogens (tertiary/aromatic N) is 10. The quantitative estimate of drug-likeness (QED) is 0.119. The highest BCUT2D eigenvalue weighted by Crippen LogP contribution is 2.52. The number of aromatic nitrogens is 4. The molecule has 10 aliphatic rings. The Hall–Kier alpha value is -8.63. The molecule has 13 atom stereocenters. The number of aliphatic hydroxyl groups is 1. The van der Waals surface area contributed by atoms with E-state index < -0.39 is 49.1 Å². The average molecular weight is 1570 g/mol. The van der Waals surface area contributed by atoms with E-state index in [9.17, 15) is 37.5 Å².